The van der Waals surface area contributed by atoms with E-state index in [-0.39, 0.29) is 5.91 Å². The van der Waals surface area contributed by atoms with Gasteiger partial charge in [0.05, 0.1) is 17.8 Å². The van der Waals surface area contributed by atoms with E-state index < -0.39 is 0 Å². The molecule has 2 N–H and O–H groups in total. The SMILES string of the molecule is CNc1nc(C)ccc1C(=O)Nc1ccnn1C1CCC1. The number of anilines is 2. The van der Waals surface area contributed by atoms with E-state index in [1.165, 1.54) is 6.42 Å². The smallest absolute Gasteiger partial charge is 0.260 e. The van der Waals surface area contributed by atoms with Crippen LogP contribution in [-0.4, -0.2) is 27.7 Å². The highest BCUT2D eigenvalue weighted by Crippen LogP contribution is 2.33. The maximum absolute atomic E-state index is 12.5. The molecule has 2 aromatic heterocycles. The number of hydrogen-bond acceptors (Lipinski definition) is 4. The van der Waals surface area contributed by atoms with E-state index in [9.17, 15) is 4.79 Å². The van der Waals surface area contributed by atoms with E-state index in [0.29, 0.717) is 17.4 Å². The van der Waals surface area contributed by atoms with Gasteiger partial charge in [0.1, 0.15) is 11.6 Å². The van der Waals surface area contributed by atoms with Gasteiger partial charge in [0.25, 0.3) is 5.91 Å². The van der Waals surface area contributed by atoms with Crippen LogP contribution in [0.3, 0.4) is 0 Å². The third kappa shape index (κ3) is 2.61. The van der Waals surface area contributed by atoms with E-state index in [1.54, 1.807) is 19.3 Å². The number of carbonyl (C=O) groups is 1. The van der Waals surface area contributed by atoms with Gasteiger partial charge in [0, 0.05) is 18.8 Å². The summed E-state index contributed by atoms with van der Waals surface area (Å²) in [6, 6.07) is 5.86. The van der Waals surface area contributed by atoms with Gasteiger partial charge >= 0.3 is 0 Å². The first-order valence-electron chi connectivity index (χ1n) is 7.19. The number of amides is 1. The second-order valence-electron chi connectivity index (χ2n) is 5.30. The lowest BCUT2D eigenvalue weighted by Gasteiger charge is -2.27. The average molecular weight is 285 g/mol. The summed E-state index contributed by atoms with van der Waals surface area (Å²) in [6.07, 6.45) is 5.20. The molecule has 0 bridgehead atoms. The van der Waals surface area contributed by atoms with Crippen molar-refractivity contribution < 1.29 is 4.79 Å². The molecular formula is C15H19N5O. The van der Waals surface area contributed by atoms with Crippen molar-refractivity contribution in [3.8, 4) is 0 Å². The van der Waals surface area contributed by atoms with E-state index in [2.05, 4.69) is 20.7 Å². The van der Waals surface area contributed by atoms with Crippen molar-refractivity contribution in [3.63, 3.8) is 0 Å². The van der Waals surface area contributed by atoms with Crippen molar-refractivity contribution >= 4 is 17.5 Å². The first kappa shape index (κ1) is 13.6. The third-order valence-electron chi connectivity index (χ3n) is 3.85. The molecule has 2 heterocycles. The molecule has 0 spiro atoms. The summed E-state index contributed by atoms with van der Waals surface area (Å²) < 4.78 is 1.90. The number of hydrogen-bond donors (Lipinski definition) is 2. The second kappa shape index (κ2) is 5.55. The molecule has 0 aliphatic heterocycles. The number of nitrogens with one attached hydrogen (secondary N) is 2. The Hall–Kier alpha value is -2.37. The van der Waals surface area contributed by atoms with Gasteiger partial charge in [-0.2, -0.15) is 5.10 Å². The zero-order chi connectivity index (χ0) is 14.8. The van der Waals surface area contributed by atoms with Crippen LogP contribution in [0.15, 0.2) is 24.4 Å². The van der Waals surface area contributed by atoms with Crippen LogP contribution in [0.4, 0.5) is 11.6 Å². The third-order valence-corrected chi connectivity index (χ3v) is 3.85. The van der Waals surface area contributed by atoms with Crippen LogP contribution >= 0.6 is 0 Å². The van der Waals surface area contributed by atoms with Crippen molar-refractivity contribution in [1.29, 1.82) is 0 Å². The van der Waals surface area contributed by atoms with Crippen LogP contribution < -0.4 is 10.6 Å². The van der Waals surface area contributed by atoms with Gasteiger partial charge in [-0.05, 0) is 38.3 Å². The first-order chi connectivity index (χ1) is 10.2. The fraction of sp³-hybridized carbons (Fsp3) is 0.400. The topological polar surface area (TPSA) is 71.8 Å². The number of aryl methyl sites for hydroxylation is 1. The van der Waals surface area contributed by atoms with E-state index in [4.69, 9.17) is 0 Å². The van der Waals surface area contributed by atoms with Crippen molar-refractivity contribution in [2.45, 2.75) is 32.2 Å². The van der Waals surface area contributed by atoms with Crippen molar-refractivity contribution in [3.05, 3.63) is 35.7 Å². The lowest BCUT2D eigenvalue weighted by molar-refractivity contribution is 0.102. The largest absolute Gasteiger partial charge is 0.372 e. The molecule has 0 aromatic carbocycles. The van der Waals surface area contributed by atoms with Crippen molar-refractivity contribution in [2.24, 2.45) is 0 Å². The summed E-state index contributed by atoms with van der Waals surface area (Å²) in [7, 11) is 1.76. The summed E-state index contributed by atoms with van der Waals surface area (Å²) in [5.41, 5.74) is 1.40. The standard InChI is InChI=1S/C15H19N5O/c1-10-6-7-12(14(16-2)18-10)15(21)19-13-8-9-17-20(13)11-4-3-5-11/h6-9,11H,3-5H2,1-2H3,(H,16,18)(H,19,21). The van der Waals surface area contributed by atoms with Crippen LogP contribution in [0, 0.1) is 6.92 Å². The summed E-state index contributed by atoms with van der Waals surface area (Å²) >= 11 is 0. The molecule has 110 valence electrons. The molecule has 21 heavy (non-hydrogen) atoms. The normalized spacial score (nSPS) is 14.6. The Morgan fingerprint density at radius 2 is 2.14 bits per heavy atom. The molecule has 1 aliphatic rings. The summed E-state index contributed by atoms with van der Waals surface area (Å²) in [6.45, 7) is 1.90. The predicted molar refractivity (Wildman–Crippen MR) is 81.6 cm³/mol. The number of pyridine rings is 1. The molecule has 0 unspecified atom stereocenters. The first-order valence-corrected chi connectivity index (χ1v) is 7.19. The van der Waals surface area contributed by atoms with Gasteiger partial charge < -0.3 is 10.6 Å². The second-order valence-corrected chi connectivity index (χ2v) is 5.30. The van der Waals surface area contributed by atoms with Crippen LogP contribution in [-0.2, 0) is 0 Å². The molecule has 3 rings (SSSR count). The fourth-order valence-electron chi connectivity index (χ4n) is 2.45. The lowest BCUT2D eigenvalue weighted by atomic mass is 9.93. The molecule has 1 aliphatic carbocycles. The Kier molecular flexibility index (Phi) is 3.60. The van der Waals surface area contributed by atoms with Gasteiger partial charge in [-0.25, -0.2) is 9.67 Å². The Labute approximate surface area is 123 Å². The lowest BCUT2D eigenvalue weighted by Crippen LogP contribution is -2.23. The molecule has 0 saturated heterocycles. The predicted octanol–water partition coefficient (Wildman–Crippen LogP) is 2.61. The Morgan fingerprint density at radius 3 is 2.81 bits per heavy atom. The molecule has 1 saturated carbocycles. The van der Waals surface area contributed by atoms with E-state index in [1.807, 2.05) is 23.7 Å². The summed E-state index contributed by atoms with van der Waals surface area (Å²) in [4.78, 5) is 16.8. The minimum atomic E-state index is -0.173. The van der Waals surface area contributed by atoms with Crippen LogP contribution in [0.2, 0.25) is 0 Å². The molecule has 6 nitrogen and oxygen atoms in total. The van der Waals surface area contributed by atoms with Crippen LogP contribution in [0.25, 0.3) is 0 Å². The molecule has 1 amide bonds. The average Bonchev–Trinajstić information content (AvgIpc) is 2.84. The monoisotopic (exact) mass is 285 g/mol. The molecular weight excluding hydrogens is 266 g/mol. The van der Waals surface area contributed by atoms with E-state index >= 15 is 0 Å². The highest BCUT2D eigenvalue weighted by molar-refractivity contribution is 6.07. The number of nitrogens with zero attached hydrogens (tertiary/aromatic N) is 3. The van der Waals surface area contributed by atoms with Crippen LogP contribution in [0.1, 0.15) is 41.4 Å². The summed E-state index contributed by atoms with van der Waals surface area (Å²) in [5, 5.41) is 10.2. The minimum Gasteiger partial charge on any atom is -0.372 e. The number of rotatable bonds is 4. The fourth-order valence-corrected chi connectivity index (χ4v) is 2.45. The van der Waals surface area contributed by atoms with Gasteiger partial charge in [0.15, 0.2) is 0 Å². The molecule has 6 heteroatoms. The highest BCUT2D eigenvalue weighted by atomic mass is 16.1. The molecule has 0 atom stereocenters. The molecule has 1 fully saturated rings. The molecule has 0 radical (unpaired) electrons. The quantitative estimate of drug-likeness (QED) is 0.905. The zero-order valence-electron chi connectivity index (χ0n) is 12.3. The van der Waals surface area contributed by atoms with Crippen LogP contribution in [0.5, 0.6) is 0 Å². The zero-order valence-corrected chi connectivity index (χ0v) is 12.3. The number of carbonyl (C=O) groups excluding carboxylic acids is 1. The minimum absolute atomic E-state index is 0.173. The Bertz CT molecular complexity index is 660. The van der Waals surface area contributed by atoms with Crippen molar-refractivity contribution in [2.75, 3.05) is 17.7 Å². The summed E-state index contributed by atoms with van der Waals surface area (Å²) in [5.74, 6) is 1.16. The Morgan fingerprint density at radius 1 is 1.33 bits per heavy atom. The Balaban J connectivity index is 1.82. The van der Waals surface area contributed by atoms with Crippen molar-refractivity contribution in [1.82, 2.24) is 14.8 Å². The highest BCUT2D eigenvalue weighted by Gasteiger charge is 2.23. The van der Waals surface area contributed by atoms with E-state index in [0.717, 1.165) is 24.4 Å². The van der Waals surface area contributed by atoms with Gasteiger partial charge in [-0.15, -0.1) is 0 Å². The maximum atomic E-state index is 12.5. The maximum Gasteiger partial charge on any atom is 0.260 e. The molecule has 2 aromatic rings. The van der Waals surface area contributed by atoms with Gasteiger partial charge in [0.2, 0.25) is 0 Å². The van der Waals surface area contributed by atoms with Gasteiger partial charge in [-0.3, -0.25) is 4.79 Å². The van der Waals surface area contributed by atoms with Gasteiger partial charge in [-0.1, -0.05) is 0 Å². The number of aromatic nitrogens is 3.